The van der Waals surface area contributed by atoms with E-state index in [-0.39, 0.29) is 18.7 Å². The molecule has 8 heteroatoms. The van der Waals surface area contributed by atoms with E-state index in [1.807, 2.05) is 0 Å². The van der Waals surface area contributed by atoms with Crippen molar-refractivity contribution in [1.82, 2.24) is 9.55 Å². The average Bonchev–Trinajstić information content (AvgIpc) is 2.39. The number of fused-ring (bicyclic) bond motifs is 1. The van der Waals surface area contributed by atoms with Crippen molar-refractivity contribution >= 4 is 21.2 Å². The van der Waals surface area contributed by atoms with Crippen molar-refractivity contribution in [2.45, 2.75) is 6.54 Å². The molecular formula is C12H14N2O5S. The Morgan fingerprint density at radius 3 is 2.75 bits per heavy atom. The summed E-state index contributed by atoms with van der Waals surface area (Å²) in [6.07, 6.45) is 2.15. The van der Waals surface area contributed by atoms with Gasteiger partial charge in [0.05, 0.1) is 43.7 Å². The molecule has 108 valence electrons. The van der Waals surface area contributed by atoms with E-state index in [9.17, 15) is 13.2 Å². The van der Waals surface area contributed by atoms with Gasteiger partial charge < -0.3 is 9.30 Å². The van der Waals surface area contributed by atoms with E-state index in [1.165, 1.54) is 17.9 Å². The fraction of sp³-hybridized carbons (Fsp3) is 0.333. The summed E-state index contributed by atoms with van der Waals surface area (Å²) in [4.78, 5) is 15.9. The number of aromatic nitrogens is 2. The van der Waals surface area contributed by atoms with Gasteiger partial charge in [-0.15, -0.1) is 0 Å². The molecule has 0 N–H and O–H groups in total. The zero-order chi connectivity index (χ0) is 14.8. The van der Waals surface area contributed by atoms with Crippen LogP contribution >= 0.6 is 0 Å². The fourth-order valence-corrected chi connectivity index (χ4v) is 2.16. The van der Waals surface area contributed by atoms with E-state index >= 15 is 0 Å². The lowest BCUT2D eigenvalue weighted by Gasteiger charge is -2.10. The molecule has 0 atom stereocenters. The molecule has 0 aliphatic heterocycles. The van der Waals surface area contributed by atoms with Gasteiger partial charge in [0.15, 0.2) is 0 Å². The minimum atomic E-state index is -3.53. The summed E-state index contributed by atoms with van der Waals surface area (Å²) in [5.41, 5.74) is 0.849. The van der Waals surface area contributed by atoms with Gasteiger partial charge in [-0.05, 0) is 12.1 Å². The minimum Gasteiger partial charge on any atom is -0.497 e. The second-order valence-corrected chi connectivity index (χ2v) is 5.77. The molecular weight excluding hydrogens is 284 g/mol. The first kappa shape index (κ1) is 14.5. The van der Waals surface area contributed by atoms with Crippen LogP contribution in [0.15, 0.2) is 29.2 Å². The lowest BCUT2D eigenvalue weighted by atomic mass is 10.2. The molecule has 2 aromatic rings. The number of nitrogens with zero attached hydrogens (tertiary/aromatic N) is 2. The molecule has 0 saturated carbocycles. The SMILES string of the molecule is COc1ccc2ncc(=O)n(CCOS(C)(=O)=O)c2c1. The summed E-state index contributed by atoms with van der Waals surface area (Å²) < 4.78 is 33.0. The topological polar surface area (TPSA) is 87.5 Å². The number of benzene rings is 1. The van der Waals surface area contributed by atoms with Gasteiger partial charge in [0.2, 0.25) is 0 Å². The van der Waals surface area contributed by atoms with E-state index in [0.717, 1.165) is 6.26 Å². The van der Waals surface area contributed by atoms with Gasteiger partial charge in [-0.25, -0.2) is 4.98 Å². The third-order valence-corrected chi connectivity index (χ3v) is 3.26. The second kappa shape index (κ2) is 5.59. The molecule has 7 nitrogen and oxygen atoms in total. The second-order valence-electron chi connectivity index (χ2n) is 4.13. The van der Waals surface area contributed by atoms with Crippen molar-refractivity contribution in [2.24, 2.45) is 0 Å². The summed E-state index contributed by atoms with van der Waals surface area (Å²) in [5.74, 6) is 0.586. The highest BCUT2D eigenvalue weighted by atomic mass is 32.2. The Hall–Kier alpha value is -1.93. The summed E-state index contributed by atoms with van der Waals surface area (Å²) in [6, 6.07) is 5.13. The van der Waals surface area contributed by atoms with Crippen LogP contribution in [0.5, 0.6) is 5.75 Å². The quantitative estimate of drug-likeness (QED) is 0.742. The molecule has 2 rings (SSSR count). The van der Waals surface area contributed by atoms with Crippen LogP contribution in [-0.2, 0) is 20.8 Å². The van der Waals surface area contributed by atoms with Gasteiger partial charge in [0.25, 0.3) is 15.7 Å². The zero-order valence-electron chi connectivity index (χ0n) is 11.1. The molecule has 0 bridgehead atoms. The number of hydrogen-bond donors (Lipinski definition) is 0. The first-order valence-corrected chi connectivity index (χ1v) is 7.60. The van der Waals surface area contributed by atoms with Crippen molar-refractivity contribution in [3.05, 3.63) is 34.7 Å². The third-order valence-electron chi connectivity index (χ3n) is 2.67. The Morgan fingerprint density at radius 1 is 1.35 bits per heavy atom. The molecule has 0 aliphatic rings. The van der Waals surface area contributed by atoms with Crippen molar-refractivity contribution in [3.63, 3.8) is 0 Å². The van der Waals surface area contributed by atoms with Gasteiger partial charge >= 0.3 is 0 Å². The van der Waals surface area contributed by atoms with Crippen molar-refractivity contribution < 1.29 is 17.3 Å². The predicted molar refractivity (Wildman–Crippen MR) is 73.4 cm³/mol. The molecule has 1 heterocycles. The smallest absolute Gasteiger partial charge is 0.269 e. The van der Waals surface area contributed by atoms with Crippen LogP contribution < -0.4 is 10.3 Å². The third kappa shape index (κ3) is 3.34. The highest BCUT2D eigenvalue weighted by molar-refractivity contribution is 7.85. The summed E-state index contributed by atoms with van der Waals surface area (Å²) >= 11 is 0. The molecule has 20 heavy (non-hydrogen) atoms. The van der Waals surface area contributed by atoms with E-state index in [2.05, 4.69) is 9.17 Å². The summed E-state index contributed by atoms with van der Waals surface area (Å²) in [6.45, 7) is -0.00679. The Bertz CT molecular complexity index is 782. The highest BCUT2D eigenvalue weighted by Gasteiger charge is 2.07. The standard InChI is InChI=1S/C12H14N2O5S/c1-18-9-3-4-10-11(7-9)14(12(15)8-13-10)5-6-19-20(2,16)17/h3-4,7-8H,5-6H2,1-2H3. The lowest BCUT2D eigenvalue weighted by molar-refractivity contribution is 0.304. The van der Waals surface area contributed by atoms with E-state index in [4.69, 9.17) is 4.74 Å². The predicted octanol–water partition coefficient (Wildman–Crippen LogP) is 0.381. The van der Waals surface area contributed by atoms with Gasteiger partial charge in [-0.3, -0.25) is 8.98 Å². The largest absolute Gasteiger partial charge is 0.497 e. The molecule has 1 aromatic heterocycles. The Labute approximate surface area is 115 Å². The number of ether oxygens (including phenoxy) is 1. The van der Waals surface area contributed by atoms with Crippen LogP contribution in [0, 0.1) is 0 Å². The van der Waals surface area contributed by atoms with E-state index in [1.54, 1.807) is 18.2 Å². The summed E-state index contributed by atoms with van der Waals surface area (Å²) in [7, 11) is -2.01. The maximum absolute atomic E-state index is 11.8. The average molecular weight is 298 g/mol. The fourth-order valence-electron chi connectivity index (χ4n) is 1.78. The number of hydrogen-bond acceptors (Lipinski definition) is 6. The molecule has 0 amide bonds. The molecule has 0 saturated heterocycles. The first-order chi connectivity index (χ1) is 9.40. The molecule has 0 fully saturated rings. The van der Waals surface area contributed by atoms with Crippen molar-refractivity contribution in [2.75, 3.05) is 20.0 Å². The monoisotopic (exact) mass is 298 g/mol. The molecule has 0 aliphatic carbocycles. The van der Waals surface area contributed by atoms with Crippen molar-refractivity contribution in [1.29, 1.82) is 0 Å². The van der Waals surface area contributed by atoms with Crippen LogP contribution in [0.1, 0.15) is 0 Å². The first-order valence-electron chi connectivity index (χ1n) is 5.79. The number of methoxy groups -OCH3 is 1. The maximum atomic E-state index is 11.8. The minimum absolute atomic E-state index is 0.109. The molecule has 0 spiro atoms. The Kier molecular flexibility index (Phi) is 4.05. The zero-order valence-corrected chi connectivity index (χ0v) is 11.9. The van der Waals surface area contributed by atoms with Gasteiger partial charge in [0, 0.05) is 6.07 Å². The number of rotatable bonds is 5. The van der Waals surface area contributed by atoms with Crippen LogP contribution in [0.3, 0.4) is 0 Å². The van der Waals surface area contributed by atoms with Crippen molar-refractivity contribution in [3.8, 4) is 5.75 Å². The maximum Gasteiger partial charge on any atom is 0.269 e. The normalized spacial score (nSPS) is 11.7. The van der Waals surface area contributed by atoms with Crippen LogP contribution in [0.25, 0.3) is 11.0 Å². The molecule has 0 unspecified atom stereocenters. The van der Waals surface area contributed by atoms with Gasteiger partial charge in [0.1, 0.15) is 5.75 Å². The summed E-state index contributed by atoms with van der Waals surface area (Å²) in [5, 5.41) is 0. The van der Waals surface area contributed by atoms with Gasteiger partial charge in [-0.2, -0.15) is 8.42 Å². The Balaban J connectivity index is 2.39. The van der Waals surface area contributed by atoms with Crippen LogP contribution in [-0.4, -0.2) is 37.9 Å². The van der Waals surface area contributed by atoms with Gasteiger partial charge in [-0.1, -0.05) is 0 Å². The highest BCUT2D eigenvalue weighted by Crippen LogP contribution is 2.17. The van der Waals surface area contributed by atoms with E-state index in [0.29, 0.717) is 16.8 Å². The molecule has 0 radical (unpaired) electrons. The van der Waals surface area contributed by atoms with Crippen LogP contribution in [0.2, 0.25) is 0 Å². The Morgan fingerprint density at radius 2 is 2.10 bits per heavy atom. The van der Waals surface area contributed by atoms with E-state index < -0.39 is 10.1 Å². The lowest BCUT2D eigenvalue weighted by Crippen LogP contribution is -2.23. The van der Waals surface area contributed by atoms with Crippen LogP contribution in [0.4, 0.5) is 0 Å². The molecule has 1 aromatic carbocycles.